The molecule has 2 aromatic rings. The summed E-state index contributed by atoms with van der Waals surface area (Å²) in [4.78, 5) is 0. The van der Waals surface area contributed by atoms with Gasteiger partial charge in [0.15, 0.2) is 0 Å². The Bertz CT molecular complexity index is 478. The maximum atomic E-state index is 2.37. The number of fused-ring (bicyclic) bond motifs is 1. The zero-order valence-corrected chi connectivity index (χ0v) is 9.65. The van der Waals surface area contributed by atoms with Gasteiger partial charge >= 0.3 is 0 Å². The van der Waals surface area contributed by atoms with Crippen LogP contribution < -0.4 is 0 Å². The van der Waals surface area contributed by atoms with Crippen LogP contribution in [0.1, 0.15) is 31.2 Å². The molecule has 2 aromatic carbocycles. The minimum absolute atomic E-state index is 0.946. The van der Waals surface area contributed by atoms with E-state index in [1.807, 2.05) is 0 Å². The van der Waals surface area contributed by atoms with Crippen molar-refractivity contribution >= 4 is 10.8 Å². The van der Waals surface area contributed by atoms with Crippen molar-refractivity contribution in [2.75, 3.05) is 0 Å². The molecule has 0 aliphatic heterocycles. The summed E-state index contributed by atoms with van der Waals surface area (Å²) in [6.07, 6.45) is 7.04. The van der Waals surface area contributed by atoms with Crippen LogP contribution in [0.5, 0.6) is 0 Å². The maximum absolute atomic E-state index is 2.37. The van der Waals surface area contributed by atoms with Crippen molar-refractivity contribution < 1.29 is 0 Å². The van der Waals surface area contributed by atoms with Gasteiger partial charge in [-0.05, 0) is 28.7 Å². The molecule has 0 amide bonds. The predicted octanol–water partition coefficient (Wildman–Crippen LogP) is 4.57. The van der Waals surface area contributed by atoms with Crippen LogP contribution in [-0.4, -0.2) is 0 Å². The van der Waals surface area contributed by atoms with E-state index < -0.39 is 0 Å². The second kappa shape index (κ2) is 4.29. The van der Waals surface area contributed by atoms with Crippen LogP contribution in [0, 0.1) is 5.92 Å². The number of hydrogen-bond acceptors (Lipinski definition) is 0. The normalized spacial score (nSPS) is 17.0. The topological polar surface area (TPSA) is 0 Å². The minimum atomic E-state index is 0.946. The van der Waals surface area contributed by atoms with E-state index in [0.717, 1.165) is 5.92 Å². The van der Waals surface area contributed by atoms with Gasteiger partial charge in [0.2, 0.25) is 0 Å². The molecule has 1 fully saturated rings. The van der Waals surface area contributed by atoms with Crippen LogP contribution in [-0.2, 0) is 6.42 Å². The highest BCUT2D eigenvalue weighted by atomic mass is 14.2. The molecular weight excluding hydrogens is 192 g/mol. The van der Waals surface area contributed by atoms with E-state index in [1.165, 1.54) is 48.4 Å². The summed E-state index contributed by atoms with van der Waals surface area (Å²) in [5.74, 6) is 0.946. The smallest absolute Gasteiger partial charge is 0.0181 e. The Balaban J connectivity index is 1.86. The van der Waals surface area contributed by atoms with Gasteiger partial charge in [0.1, 0.15) is 0 Å². The fourth-order valence-electron chi connectivity index (χ4n) is 2.91. The van der Waals surface area contributed by atoms with Crippen LogP contribution in [0.15, 0.2) is 42.5 Å². The Kier molecular flexibility index (Phi) is 2.65. The quantitative estimate of drug-likeness (QED) is 0.681. The fraction of sp³-hybridized carbons (Fsp3) is 0.375. The minimum Gasteiger partial charge on any atom is -0.0616 e. The highest BCUT2D eigenvalue weighted by Gasteiger charge is 2.15. The summed E-state index contributed by atoms with van der Waals surface area (Å²) in [6, 6.07) is 15.6. The SMILES string of the molecule is c1ccc2cc(CC3CCCC3)ccc2c1. The molecule has 3 rings (SSSR count). The Morgan fingerprint density at radius 1 is 0.875 bits per heavy atom. The second-order valence-corrected chi connectivity index (χ2v) is 5.04. The van der Waals surface area contributed by atoms with Gasteiger partial charge in [-0.1, -0.05) is 68.1 Å². The summed E-state index contributed by atoms with van der Waals surface area (Å²) < 4.78 is 0. The third-order valence-corrected chi connectivity index (χ3v) is 3.81. The summed E-state index contributed by atoms with van der Waals surface area (Å²) >= 11 is 0. The number of rotatable bonds is 2. The lowest BCUT2D eigenvalue weighted by Crippen LogP contribution is -1.98. The van der Waals surface area contributed by atoms with Crippen LogP contribution in [0.25, 0.3) is 10.8 Å². The van der Waals surface area contributed by atoms with Gasteiger partial charge < -0.3 is 0 Å². The van der Waals surface area contributed by atoms with Gasteiger partial charge in [-0.3, -0.25) is 0 Å². The lowest BCUT2D eigenvalue weighted by molar-refractivity contribution is 0.547. The molecule has 0 N–H and O–H groups in total. The van der Waals surface area contributed by atoms with Crippen LogP contribution in [0.2, 0.25) is 0 Å². The fourth-order valence-corrected chi connectivity index (χ4v) is 2.91. The van der Waals surface area contributed by atoms with E-state index in [4.69, 9.17) is 0 Å². The highest BCUT2D eigenvalue weighted by Crippen LogP contribution is 2.28. The molecule has 1 saturated carbocycles. The van der Waals surface area contributed by atoms with Crippen LogP contribution in [0.4, 0.5) is 0 Å². The molecule has 82 valence electrons. The monoisotopic (exact) mass is 210 g/mol. The molecule has 0 unspecified atom stereocenters. The summed E-state index contributed by atoms with van der Waals surface area (Å²) in [5.41, 5.74) is 1.52. The lowest BCUT2D eigenvalue weighted by Gasteiger charge is -2.09. The van der Waals surface area contributed by atoms with Gasteiger partial charge in [-0.15, -0.1) is 0 Å². The third kappa shape index (κ3) is 1.97. The van der Waals surface area contributed by atoms with Gasteiger partial charge in [0, 0.05) is 0 Å². The first-order chi connectivity index (χ1) is 7.92. The van der Waals surface area contributed by atoms with E-state index in [-0.39, 0.29) is 0 Å². The molecule has 0 atom stereocenters. The summed E-state index contributed by atoms with van der Waals surface area (Å²) in [6.45, 7) is 0. The number of benzene rings is 2. The summed E-state index contributed by atoms with van der Waals surface area (Å²) in [7, 11) is 0. The zero-order valence-electron chi connectivity index (χ0n) is 9.65. The molecule has 0 bridgehead atoms. The molecule has 1 aliphatic carbocycles. The van der Waals surface area contributed by atoms with Gasteiger partial charge in [0.05, 0.1) is 0 Å². The van der Waals surface area contributed by atoms with Crippen molar-refractivity contribution in [3.05, 3.63) is 48.0 Å². The summed E-state index contributed by atoms with van der Waals surface area (Å²) in [5, 5.41) is 2.75. The van der Waals surface area contributed by atoms with E-state index in [9.17, 15) is 0 Å². The van der Waals surface area contributed by atoms with Crippen LogP contribution in [0.3, 0.4) is 0 Å². The molecular formula is C16H18. The lowest BCUT2D eigenvalue weighted by atomic mass is 9.96. The van der Waals surface area contributed by atoms with Crippen molar-refractivity contribution in [2.45, 2.75) is 32.1 Å². The highest BCUT2D eigenvalue weighted by molar-refractivity contribution is 5.82. The Morgan fingerprint density at radius 3 is 2.44 bits per heavy atom. The van der Waals surface area contributed by atoms with Crippen LogP contribution >= 0.6 is 0 Å². The van der Waals surface area contributed by atoms with E-state index in [2.05, 4.69) is 42.5 Å². The Labute approximate surface area is 97.3 Å². The zero-order chi connectivity index (χ0) is 10.8. The second-order valence-electron chi connectivity index (χ2n) is 5.04. The van der Waals surface area contributed by atoms with Crippen molar-refractivity contribution in [2.24, 2.45) is 5.92 Å². The Hall–Kier alpha value is -1.30. The van der Waals surface area contributed by atoms with E-state index in [1.54, 1.807) is 0 Å². The van der Waals surface area contributed by atoms with Crippen molar-refractivity contribution in [1.82, 2.24) is 0 Å². The molecule has 1 aliphatic rings. The number of hydrogen-bond donors (Lipinski definition) is 0. The van der Waals surface area contributed by atoms with Crippen molar-refractivity contribution in [1.29, 1.82) is 0 Å². The van der Waals surface area contributed by atoms with Crippen molar-refractivity contribution in [3.8, 4) is 0 Å². The molecule has 0 heteroatoms. The molecule has 0 heterocycles. The maximum Gasteiger partial charge on any atom is -0.0181 e. The van der Waals surface area contributed by atoms with Crippen molar-refractivity contribution in [3.63, 3.8) is 0 Å². The molecule has 0 radical (unpaired) electrons. The third-order valence-electron chi connectivity index (χ3n) is 3.81. The molecule has 0 nitrogen and oxygen atoms in total. The average Bonchev–Trinajstić information content (AvgIpc) is 2.82. The molecule has 0 saturated heterocycles. The average molecular weight is 210 g/mol. The van der Waals surface area contributed by atoms with Gasteiger partial charge in [0.25, 0.3) is 0 Å². The molecule has 0 aromatic heterocycles. The van der Waals surface area contributed by atoms with E-state index in [0.29, 0.717) is 0 Å². The first kappa shape index (κ1) is 9.89. The van der Waals surface area contributed by atoms with Gasteiger partial charge in [-0.25, -0.2) is 0 Å². The predicted molar refractivity (Wildman–Crippen MR) is 69.6 cm³/mol. The first-order valence-electron chi connectivity index (χ1n) is 6.39. The van der Waals surface area contributed by atoms with E-state index >= 15 is 0 Å². The largest absolute Gasteiger partial charge is 0.0616 e. The standard InChI is InChI=1S/C16H18/c1-2-6-13(5-1)11-14-9-10-15-7-3-4-8-16(15)12-14/h3-4,7-10,12-13H,1-2,5-6,11H2. The Morgan fingerprint density at radius 2 is 1.62 bits per heavy atom. The first-order valence-corrected chi connectivity index (χ1v) is 6.39. The van der Waals surface area contributed by atoms with Gasteiger partial charge in [-0.2, -0.15) is 0 Å². The molecule has 0 spiro atoms. The molecule has 16 heavy (non-hydrogen) atoms.